The molecule has 72 heavy (non-hydrogen) atoms. The van der Waals surface area contributed by atoms with Crippen molar-refractivity contribution in [2.24, 2.45) is 0 Å². The van der Waals surface area contributed by atoms with Gasteiger partial charge in [0.15, 0.2) is 0 Å². The average molecular weight is 1130 g/mol. The van der Waals surface area contributed by atoms with Crippen molar-refractivity contribution in [1.82, 2.24) is 0 Å². The molecule has 0 bridgehead atoms. The summed E-state index contributed by atoms with van der Waals surface area (Å²) in [4.78, 5) is -0.150. The van der Waals surface area contributed by atoms with Crippen LogP contribution in [0.5, 0.6) is 0 Å². The first-order valence-corrected chi connectivity index (χ1v) is 31.4. The predicted molar refractivity (Wildman–Crippen MR) is 285 cm³/mol. The first-order valence-electron chi connectivity index (χ1n) is 27.2. The number of rotatable bonds is 36. The Labute approximate surface area is 470 Å². The van der Waals surface area contributed by atoms with Gasteiger partial charge >= 0.3 is 43.4 Å². The minimum atomic E-state index is -4.35. The molecule has 0 aliphatic carbocycles. The molecule has 404 valence electrons. The summed E-state index contributed by atoms with van der Waals surface area (Å²) in [6.07, 6.45) is 39.0. The van der Waals surface area contributed by atoms with Crippen molar-refractivity contribution < 1.29 is 87.5 Å². The SMILES string of the molecule is CC(C)[O-].CCCCCCCCCCCCc1ccccc1S(=O)(=O)[O-].CCCCCCCCCCCCc1ccccc1S(=O)(=O)[O-].CCCCCCCCCCCCc1ccccc1S(=O)(=O)[O-].[Ti+4].[Ti+4]. The zero-order valence-corrected chi connectivity index (χ0v) is 50.7. The molecule has 3 aromatic carbocycles. The number of hydrogen-bond acceptors (Lipinski definition) is 10. The Kier molecular flexibility index (Phi) is 50.2. The van der Waals surface area contributed by atoms with Gasteiger partial charge < -0.3 is 18.8 Å². The summed E-state index contributed by atoms with van der Waals surface area (Å²) in [6, 6.07) is 19.7. The van der Waals surface area contributed by atoms with Crippen LogP contribution in [0, 0.1) is 0 Å². The number of aryl methyl sites for hydroxylation is 3. The zero-order valence-electron chi connectivity index (χ0n) is 45.1. The van der Waals surface area contributed by atoms with Gasteiger partial charge in [-0.05, 0) is 73.4 Å². The molecule has 0 spiro atoms. The molecule has 0 fully saturated rings. The zero-order chi connectivity index (χ0) is 52.4. The van der Waals surface area contributed by atoms with Crippen molar-refractivity contribution in [1.29, 1.82) is 0 Å². The van der Waals surface area contributed by atoms with Crippen molar-refractivity contribution in [2.45, 2.75) is 267 Å². The number of benzene rings is 3. The third-order valence-electron chi connectivity index (χ3n) is 12.1. The second-order valence-corrected chi connectivity index (χ2v) is 23.1. The summed E-state index contributed by atoms with van der Waals surface area (Å²) in [6.45, 7) is 9.92. The first kappa shape index (κ1) is 75.0. The molecule has 0 unspecified atom stereocenters. The molecule has 0 saturated heterocycles. The molecular weight excluding hydrogens is 1040 g/mol. The molecule has 0 aromatic heterocycles. The summed E-state index contributed by atoms with van der Waals surface area (Å²) in [5, 5.41) is 9.53. The molecule has 0 saturated carbocycles. The van der Waals surface area contributed by atoms with E-state index in [1.807, 2.05) is 0 Å². The molecule has 0 amide bonds. The van der Waals surface area contributed by atoms with E-state index in [4.69, 9.17) is 0 Å². The molecule has 3 aromatic rings. The summed E-state index contributed by atoms with van der Waals surface area (Å²) in [5.74, 6) is 0. The number of hydrogen-bond donors (Lipinski definition) is 0. The number of unbranched alkanes of at least 4 members (excludes halogenated alkanes) is 27. The average Bonchev–Trinajstić information content (AvgIpc) is 3.30. The van der Waals surface area contributed by atoms with Crippen molar-refractivity contribution in [2.75, 3.05) is 0 Å². The normalized spacial score (nSPS) is 11.2. The molecule has 0 heterocycles. The van der Waals surface area contributed by atoms with Gasteiger partial charge in [-0.3, -0.25) is 0 Å². The monoisotopic (exact) mass is 1130 g/mol. The fourth-order valence-electron chi connectivity index (χ4n) is 8.27. The van der Waals surface area contributed by atoms with Gasteiger partial charge in [0, 0.05) is 0 Å². The largest absolute Gasteiger partial charge is 4.00 e. The van der Waals surface area contributed by atoms with Crippen LogP contribution >= 0.6 is 0 Å². The van der Waals surface area contributed by atoms with Crippen LogP contribution < -0.4 is 5.11 Å². The van der Waals surface area contributed by atoms with E-state index in [-0.39, 0.29) is 58.1 Å². The van der Waals surface area contributed by atoms with Gasteiger partial charge in [0.05, 0.1) is 14.7 Å². The predicted octanol–water partition coefficient (Wildman–Crippen LogP) is 14.9. The first-order chi connectivity index (χ1) is 33.4. The Bertz CT molecular complexity index is 1820. The van der Waals surface area contributed by atoms with E-state index in [1.54, 1.807) is 68.4 Å². The van der Waals surface area contributed by atoms with Gasteiger partial charge in [-0.25, -0.2) is 25.3 Å². The quantitative estimate of drug-likeness (QED) is 0.0307. The van der Waals surface area contributed by atoms with Crippen LogP contribution in [-0.4, -0.2) is 45.0 Å². The van der Waals surface area contributed by atoms with E-state index in [1.165, 1.54) is 172 Å². The van der Waals surface area contributed by atoms with E-state index >= 15 is 0 Å². The summed E-state index contributed by atoms with van der Waals surface area (Å²) < 4.78 is 101. The topological polar surface area (TPSA) is 195 Å². The molecule has 3 rings (SSSR count). The molecule has 0 atom stereocenters. The molecule has 0 aliphatic heterocycles. The Balaban J connectivity index is -0.000000941. The maximum Gasteiger partial charge on any atom is 4.00 e. The van der Waals surface area contributed by atoms with Crippen LogP contribution in [0.25, 0.3) is 0 Å². The van der Waals surface area contributed by atoms with Crippen LogP contribution in [-0.2, 0) is 93.1 Å². The van der Waals surface area contributed by atoms with E-state index < -0.39 is 36.5 Å². The summed E-state index contributed by atoms with van der Waals surface area (Å²) in [5.41, 5.74) is 1.99. The van der Waals surface area contributed by atoms with E-state index in [0.29, 0.717) is 36.0 Å². The Morgan fingerprint density at radius 3 is 0.639 bits per heavy atom. The van der Waals surface area contributed by atoms with Gasteiger partial charge in [-0.2, -0.15) is 0 Å². The second-order valence-electron chi connectivity index (χ2n) is 19.0. The third kappa shape index (κ3) is 42.9. The second kappa shape index (κ2) is 48.2. The van der Waals surface area contributed by atoms with Crippen LogP contribution in [0.1, 0.15) is 244 Å². The van der Waals surface area contributed by atoms with E-state index in [2.05, 4.69) is 20.8 Å². The van der Waals surface area contributed by atoms with Crippen LogP contribution in [0.15, 0.2) is 87.5 Å². The summed E-state index contributed by atoms with van der Waals surface area (Å²) in [7, 11) is -13.0. The fourth-order valence-corrected chi connectivity index (χ4v) is 10.5. The molecular formula is C57H94O10S3Ti2+4. The van der Waals surface area contributed by atoms with Crippen molar-refractivity contribution in [3.63, 3.8) is 0 Å². The Morgan fingerprint density at radius 1 is 0.319 bits per heavy atom. The molecule has 10 nitrogen and oxygen atoms in total. The maximum atomic E-state index is 11.2. The smallest absolute Gasteiger partial charge is 0.852 e. The molecule has 0 aliphatic rings. The van der Waals surface area contributed by atoms with E-state index in [9.17, 15) is 44.0 Å². The molecule has 0 N–H and O–H groups in total. The fraction of sp³-hybridized carbons (Fsp3) is 0.684. The minimum absolute atomic E-state index is 0. The Hall–Kier alpha value is -1.22. The molecule has 0 radical (unpaired) electrons. The van der Waals surface area contributed by atoms with Gasteiger partial charge in [0.25, 0.3) is 0 Å². The van der Waals surface area contributed by atoms with Crippen LogP contribution in [0.4, 0.5) is 0 Å². The van der Waals surface area contributed by atoms with Gasteiger partial charge in [-0.15, -0.1) is 6.10 Å². The molecule has 15 heteroatoms. The van der Waals surface area contributed by atoms with Gasteiger partial charge in [-0.1, -0.05) is 263 Å². The van der Waals surface area contributed by atoms with Crippen molar-refractivity contribution in [3.8, 4) is 0 Å². The van der Waals surface area contributed by atoms with Crippen molar-refractivity contribution >= 4 is 30.4 Å². The maximum absolute atomic E-state index is 11.2. The van der Waals surface area contributed by atoms with Crippen LogP contribution in [0.3, 0.4) is 0 Å². The van der Waals surface area contributed by atoms with Gasteiger partial charge in [0.1, 0.15) is 30.4 Å². The third-order valence-corrected chi connectivity index (χ3v) is 14.9. The minimum Gasteiger partial charge on any atom is -0.852 e. The van der Waals surface area contributed by atoms with Gasteiger partial charge in [0.2, 0.25) is 0 Å². The summed E-state index contributed by atoms with van der Waals surface area (Å²) >= 11 is 0. The van der Waals surface area contributed by atoms with Crippen LogP contribution in [0.2, 0.25) is 0 Å². The standard InChI is InChI=1S/3C18H30O3S.C3H7O.2Ti/c3*1-2-3-4-5-6-7-8-9-10-11-14-17-15-12-13-16-18(17)22(19,20)21;1-3(2)4;;/h3*12-13,15-16H,2-11,14H2,1H3,(H,19,20,21);3H,1-2H3;;/q;;;-1;2*+4/p-3. The van der Waals surface area contributed by atoms with E-state index in [0.717, 1.165) is 38.5 Å². The van der Waals surface area contributed by atoms with Crippen molar-refractivity contribution in [3.05, 3.63) is 89.5 Å². The Morgan fingerprint density at radius 2 is 0.472 bits per heavy atom.